The Balaban J connectivity index is 1.90. The maximum absolute atomic E-state index is 12.3. The summed E-state index contributed by atoms with van der Waals surface area (Å²) in [6, 6.07) is 1.64. The van der Waals surface area contributed by atoms with E-state index in [-0.39, 0.29) is 6.54 Å². The Morgan fingerprint density at radius 3 is 2.55 bits per heavy atom. The van der Waals surface area contributed by atoms with Crippen molar-refractivity contribution in [2.24, 2.45) is 17.6 Å². The maximum atomic E-state index is 12.3. The van der Waals surface area contributed by atoms with Crippen molar-refractivity contribution in [3.8, 4) is 0 Å². The third kappa shape index (κ3) is 3.81. The fourth-order valence-electron chi connectivity index (χ4n) is 2.87. The zero-order valence-electron chi connectivity index (χ0n) is 12.0. The van der Waals surface area contributed by atoms with Crippen molar-refractivity contribution in [3.05, 3.63) is 16.3 Å². The molecule has 1 aromatic heterocycles. The third-order valence-electron chi connectivity index (χ3n) is 4.29. The number of rotatable bonds is 6. The molecule has 2 rings (SSSR count). The molecule has 0 radical (unpaired) electrons. The van der Waals surface area contributed by atoms with Gasteiger partial charge in [0.1, 0.15) is 0 Å². The van der Waals surface area contributed by atoms with Crippen LogP contribution in [-0.2, 0) is 16.6 Å². The predicted octanol–water partition coefficient (Wildman–Crippen LogP) is 2.70. The second kappa shape index (κ2) is 7.02. The molecule has 0 aromatic carbocycles. The Labute approximate surface area is 125 Å². The molecule has 1 saturated carbocycles. The fourth-order valence-corrected chi connectivity index (χ4v) is 5.32. The lowest BCUT2D eigenvalue weighted by Gasteiger charge is -2.27. The van der Waals surface area contributed by atoms with Crippen molar-refractivity contribution in [1.29, 1.82) is 0 Å². The van der Waals surface area contributed by atoms with Crippen molar-refractivity contribution in [2.45, 2.75) is 50.5 Å². The van der Waals surface area contributed by atoms with Crippen molar-refractivity contribution >= 4 is 21.4 Å². The molecule has 0 amide bonds. The van der Waals surface area contributed by atoms with Gasteiger partial charge in [-0.1, -0.05) is 26.2 Å². The predicted molar refractivity (Wildman–Crippen MR) is 83.1 cm³/mol. The minimum absolute atomic E-state index is 0.273. The molecule has 20 heavy (non-hydrogen) atoms. The SMILES string of the molecule is CCC1CCC(CNS(=O)(=O)c2ccsc2CN)CC1. The van der Waals surface area contributed by atoms with E-state index in [1.54, 1.807) is 11.4 Å². The molecule has 114 valence electrons. The van der Waals surface area contributed by atoms with Crippen LogP contribution in [0, 0.1) is 11.8 Å². The molecule has 1 aliphatic carbocycles. The summed E-state index contributed by atoms with van der Waals surface area (Å²) < 4.78 is 27.3. The molecule has 6 heteroatoms. The minimum Gasteiger partial charge on any atom is -0.326 e. The van der Waals surface area contributed by atoms with Crippen molar-refractivity contribution < 1.29 is 8.42 Å². The summed E-state index contributed by atoms with van der Waals surface area (Å²) in [6.07, 6.45) is 5.97. The largest absolute Gasteiger partial charge is 0.326 e. The third-order valence-corrected chi connectivity index (χ3v) is 6.87. The van der Waals surface area contributed by atoms with Crippen LogP contribution < -0.4 is 10.5 Å². The van der Waals surface area contributed by atoms with Gasteiger partial charge < -0.3 is 5.73 Å². The minimum atomic E-state index is -3.40. The van der Waals surface area contributed by atoms with E-state index in [0.717, 1.165) is 23.6 Å². The van der Waals surface area contributed by atoms with Gasteiger partial charge in [0.15, 0.2) is 0 Å². The molecular weight excluding hydrogens is 292 g/mol. The van der Waals surface area contributed by atoms with Gasteiger partial charge in [-0.05, 0) is 36.1 Å². The first-order chi connectivity index (χ1) is 9.56. The smallest absolute Gasteiger partial charge is 0.241 e. The molecule has 0 spiro atoms. The number of sulfonamides is 1. The first kappa shape index (κ1) is 15.9. The van der Waals surface area contributed by atoms with Crippen LogP contribution >= 0.6 is 11.3 Å². The van der Waals surface area contributed by atoms with Gasteiger partial charge in [0.25, 0.3) is 0 Å². The number of nitrogens with one attached hydrogen (secondary N) is 1. The zero-order valence-corrected chi connectivity index (χ0v) is 13.6. The second-order valence-corrected chi connectivity index (χ2v) is 8.30. The summed E-state index contributed by atoms with van der Waals surface area (Å²) in [5.41, 5.74) is 5.58. The van der Waals surface area contributed by atoms with E-state index >= 15 is 0 Å². The van der Waals surface area contributed by atoms with Gasteiger partial charge in [-0.2, -0.15) is 0 Å². The molecule has 3 N–H and O–H groups in total. The summed E-state index contributed by atoms with van der Waals surface area (Å²) in [5.74, 6) is 1.32. The Morgan fingerprint density at radius 1 is 1.30 bits per heavy atom. The molecule has 1 aliphatic rings. The molecule has 1 aromatic rings. The van der Waals surface area contributed by atoms with E-state index < -0.39 is 10.0 Å². The molecule has 0 saturated heterocycles. The van der Waals surface area contributed by atoms with Crippen LogP contribution in [0.25, 0.3) is 0 Å². The lowest BCUT2D eigenvalue weighted by molar-refractivity contribution is 0.270. The molecule has 1 heterocycles. The lowest BCUT2D eigenvalue weighted by atomic mass is 9.81. The van der Waals surface area contributed by atoms with Crippen LogP contribution in [0.2, 0.25) is 0 Å². The monoisotopic (exact) mass is 316 g/mol. The molecule has 0 bridgehead atoms. The highest BCUT2D eigenvalue weighted by molar-refractivity contribution is 7.89. The summed E-state index contributed by atoms with van der Waals surface area (Å²) >= 11 is 1.40. The first-order valence-electron chi connectivity index (χ1n) is 7.33. The summed E-state index contributed by atoms with van der Waals surface area (Å²) in [7, 11) is -3.40. The highest BCUT2D eigenvalue weighted by Crippen LogP contribution is 2.30. The molecule has 0 atom stereocenters. The van der Waals surface area contributed by atoms with E-state index in [2.05, 4.69) is 11.6 Å². The number of hydrogen-bond acceptors (Lipinski definition) is 4. The number of nitrogens with two attached hydrogens (primary N) is 1. The van der Waals surface area contributed by atoms with Crippen LogP contribution in [0.1, 0.15) is 43.9 Å². The number of thiophene rings is 1. The molecular formula is C14H24N2O2S2. The Bertz CT molecular complexity index is 517. The second-order valence-electron chi connectivity index (χ2n) is 5.56. The number of hydrogen-bond donors (Lipinski definition) is 2. The van der Waals surface area contributed by atoms with Crippen LogP contribution in [-0.4, -0.2) is 15.0 Å². The average molecular weight is 316 g/mol. The standard InChI is InChI=1S/C14H24N2O2S2/c1-2-11-3-5-12(6-4-11)10-16-20(17,18)14-7-8-19-13(14)9-15/h7-8,11-12,16H,2-6,9-10,15H2,1H3. The van der Waals surface area contributed by atoms with Crippen LogP contribution in [0.5, 0.6) is 0 Å². The Kier molecular flexibility index (Phi) is 5.60. The van der Waals surface area contributed by atoms with E-state index in [4.69, 9.17) is 5.73 Å². The normalized spacial score (nSPS) is 23.9. The van der Waals surface area contributed by atoms with Crippen molar-refractivity contribution in [2.75, 3.05) is 6.54 Å². The Morgan fingerprint density at radius 2 is 1.95 bits per heavy atom. The molecule has 1 fully saturated rings. The van der Waals surface area contributed by atoms with Crippen LogP contribution in [0.15, 0.2) is 16.3 Å². The maximum Gasteiger partial charge on any atom is 0.241 e. The van der Waals surface area contributed by atoms with E-state index in [1.165, 1.54) is 30.6 Å². The Hall–Kier alpha value is -0.430. The van der Waals surface area contributed by atoms with Gasteiger partial charge in [-0.15, -0.1) is 11.3 Å². The van der Waals surface area contributed by atoms with Crippen LogP contribution in [0.4, 0.5) is 0 Å². The zero-order chi connectivity index (χ0) is 14.6. The highest BCUT2D eigenvalue weighted by Gasteiger charge is 2.23. The summed E-state index contributed by atoms with van der Waals surface area (Å²) in [5, 5.41) is 1.78. The fraction of sp³-hybridized carbons (Fsp3) is 0.714. The topological polar surface area (TPSA) is 72.2 Å². The van der Waals surface area contributed by atoms with Gasteiger partial charge in [0.05, 0.1) is 4.90 Å². The molecule has 4 nitrogen and oxygen atoms in total. The van der Waals surface area contributed by atoms with Crippen molar-refractivity contribution in [1.82, 2.24) is 4.72 Å². The van der Waals surface area contributed by atoms with Crippen molar-refractivity contribution in [3.63, 3.8) is 0 Å². The van der Waals surface area contributed by atoms with E-state index in [1.807, 2.05) is 0 Å². The van der Waals surface area contributed by atoms with Gasteiger partial charge in [-0.3, -0.25) is 0 Å². The van der Waals surface area contributed by atoms with Gasteiger partial charge >= 0.3 is 0 Å². The lowest BCUT2D eigenvalue weighted by Crippen LogP contribution is -2.31. The van der Waals surface area contributed by atoms with Crippen LogP contribution in [0.3, 0.4) is 0 Å². The van der Waals surface area contributed by atoms with Gasteiger partial charge in [0, 0.05) is 18.0 Å². The van der Waals surface area contributed by atoms with Gasteiger partial charge in [-0.25, -0.2) is 13.1 Å². The van der Waals surface area contributed by atoms with Gasteiger partial charge in [0.2, 0.25) is 10.0 Å². The summed E-state index contributed by atoms with van der Waals surface area (Å²) in [4.78, 5) is 1.08. The summed E-state index contributed by atoms with van der Waals surface area (Å²) in [6.45, 7) is 3.06. The highest BCUT2D eigenvalue weighted by atomic mass is 32.2. The average Bonchev–Trinajstić information content (AvgIpc) is 2.95. The quantitative estimate of drug-likeness (QED) is 0.847. The molecule has 0 aliphatic heterocycles. The molecule has 0 unspecified atom stereocenters. The van der Waals surface area contributed by atoms with E-state index in [0.29, 0.717) is 17.4 Å². The first-order valence-corrected chi connectivity index (χ1v) is 9.69. The van der Waals surface area contributed by atoms with E-state index in [9.17, 15) is 8.42 Å².